The maximum absolute atomic E-state index is 13.3. The summed E-state index contributed by atoms with van der Waals surface area (Å²) >= 11 is 0.913. The fraction of sp³-hybridized carbons (Fsp3) is 0.280. The zero-order valence-corrected chi connectivity index (χ0v) is 26.4. The summed E-state index contributed by atoms with van der Waals surface area (Å²) in [5.74, 6) is -5.16. The van der Waals surface area contributed by atoms with E-state index in [1.165, 1.54) is 23.7 Å². The molecule has 23 heteroatoms. The molecule has 4 heterocycles. The molecule has 0 aliphatic carbocycles. The van der Waals surface area contributed by atoms with Crippen LogP contribution in [0.15, 0.2) is 45.9 Å². The molecule has 3 amide bonds. The molecular formula is C25H27N9O12S2. The number of aromatic nitrogens is 3. The van der Waals surface area contributed by atoms with E-state index in [-0.39, 0.29) is 38.8 Å². The van der Waals surface area contributed by atoms with E-state index in [2.05, 4.69) is 31.1 Å². The van der Waals surface area contributed by atoms with E-state index in [1.54, 1.807) is 0 Å². The molecule has 1 aliphatic heterocycles. The van der Waals surface area contributed by atoms with E-state index in [0.717, 1.165) is 37.4 Å². The minimum absolute atomic E-state index is 0.00411. The lowest BCUT2D eigenvalue weighted by Gasteiger charge is -2.44. The number of nitrogens with two attached hydrogens (primary N) is 1. The molecule has 1 fully saturated rings. The summed E-state index contributed by atoms with van der Waals surface area (Å²) in [5.41, 5.74) is 2.21. The summed E-state index contributed by atoms with van der Waals surface area (Å²) in [7, 11) is -5.11. The Bertz CT molecular complexity index is 1980. The number of nitrogen functional groups attached to an aromatic ring is 1. The van der Waals surface area contributed by atoms with Crippen molar-refractivity contribution in [2.24, 2.45) is 5.16 Å². The number of hydrogen-bond donors (Lipinski definition) is 8. The molecule has 0 saturated carbocycles. The van der Waals surface area contributed by atoms with E-state index in [0.29, 0.717) is 4.73 Å². The van der Waals surface area contributed by atoms with E-state index in [4.69, 9.17) is 10.6 Å². The van der Waals surface area contributed by atoms with Crippen molar-refractivity contribution in [3.8, 4) is 5.75 Å². The predicted molar refractivity (Wildman–Crippen MR) is 163 cm³/mol. The van der Waals surface area contributed by atoms with Crippen molar-refractivity contribution < 1.29 is 52.4 Å². The molecular weight excluding hydrogens is 682 g/mol. The van der Waals surface area contributed by atoms with Gasteiger partial charge < -0.3 is 41.9 Å². The first-order valence-corrected chi connectivity index (χ1v) is 15.6. The summed E-state index contributed by atoms with van der Waals surface area (Å²) in [6, 6.07) is 0.445. The van der Waals surface area contributed by atoms with Crippen LogP contribution in [0, 0.1) is 0 Å². The number of carboxylic acids is 1. The summed E-state index contributed by atoms with van der Waals surface area (Å²) in [5, 5.41) is 40.9. The third-order valence-corrected chi connectivity index (χ3v) is 8.22. The number of oxime groups is 1. The molecule has 4 rings (SSSR count). The Morgan fingerprint density at radius 3 is 2.56 bits per heavy atom. The molecule has 0 spiro atoms. The number of carboxylic acid groups (broad SMARTS) is 1. The number of aromatic hydroxyl groups is 1. The molecule has 1 saturated heterocycles. The van der Waals surface area contributed by atoms with Gasteiger partial charge in [-0.15, -0.1) is 11.3 Å². The molecule has 0 unspecified atom stereocenters. The van der Waals surface area contributed by atoms with Crippen molar-refractivity contribution >= 4 is 62.0 Å². The van der Waals surface area contributed by atoms with Gasteiger partial charge in [-0.25, -0.2) is 19.1 Å². The maximum Gasteiger partial charge on any atom is 0.362 e. The SMILES string of the molecule is CC(C)(ON=C(C(=O)N[C@@H]1C(=O)N(S(=O)(=O)O)[C@@H]1CNc1cc(C(=O)NCc2cc(=O)c(O)cn2O)ccn1)c1csc(N)n1)C(=O)O. The molecule has 48 heavy (non-hydrogen) atoms. The second-order valence-electron chi connectivity index (χ2n) is 10.4. The molecule has 21 nitrogen and oxygen atoms in total. The first-order chi connectivity index (χ1) is 22.4. The van der Waals surface area contributed by atoms with E-state index in [1.807, 2.05) is 0 Å². The van der Waals surface area contributed by atoms with Crippen LogP contribution in [-0.2, 0) is 36.1 Å². The molecule has 0 bridgehead atoms. The molecule has 256 valence electrons. The number of nitrogens with zero attached hydrogens (tertiary/aromatic N) is 5. The van der Waals surface area contributed by atoms with Crippen LogP contribution in [0.25, 0.3) is 0 Å². The third kappa shape index (κ3) is 7.76. The van der Waals surface area contributed by atoms with Crippen LogP contribution in [0.3, 0.4) is 0 Å². The van der Waals surface area contributed by atoms with Gasteiger partial charge in [0.25, 0.3) is 17.7 Å². The molecule has 3 aromatic rings. The van der Waals surface area contributed by atoms with Gasteiger partial charge in [0, 0.05) is 29.8 Å². The van der Waals surface area contributed by atoms with E-state index in [9.17, 15) is 52.4 Å². The van der Waals surface area contributed by atoms with Crippen LogP contribution in [0.4, 0.5) is 10.9 Å². The van der Waals surface area contributed by atoms with Crippen LogP contribution in [0.2, 0.25) is 0 Å². The predicted octanol–water partition coefficient (Wildman–Crippen LogP) is -1.65. The highest BCUT2D eigenvalue weighted by Crippen LogP contribution is 2.25. The smallest absolute Gasteiger partial charge is 0.362 e. The van der Waals surface area contributed by atoms with Gasteiger partial charge in [0.15, 0.2) is 16.6 Å². The quantitative estimate of drug-likeness (QED) is 0.0324. The van der Waals surface area contributed by atoms with Gasteiger partial charge in [0.2, 0.25) is 11.0 Å². The maximum atomic E-state index is 13.3. The summed E-state index contributed by atoms with van der Waals surface area (Å²) < 4.78 is 34.2. The van der Waals surface area contributed by atoms with Crippen LogP contribution >= 0.6 is 11.3 Å². The highest BCUT2D eigenvalue weighted by Gasteiger charge is 2.54. The Kier molecular flexibility index (Phi) is 9.86. The van der Waals surface area contributed by atoms with Gasteiger partial charge in [0.1, 0.15) is 17.6 Å². The number of rotatable bonds is 13. The molecule has 9 N–H and O–H groups in total. The van der Waals surface area contributed by atoms with Crippen LogP contribution in [-0.4, -0.2) is 101 Å². The minimum Gasteiger partial charge on any atom is -0.503 e. The number of β-lactam (4-membered cyclic amide) rings is 1. The number of anilines is 2. The number of hydrogen-bond acceptors (Lipinski definition) is 16. The Morgan fingerprint density at radius 1 is 1.23 bits per heavy atom. The summed E-state index contributed by atoms with van der Waals surface area (Å²) in [6.07, 6.45) is 1.97. The van der Waals surface area contributed by atoms with Crippen molar-refractivity contribution in [2.75, 3.05) is 17.6 Å². The molecule has 0 radical (unpaired) electrons. The minimum atomic E-state index is -5.11. The second kappa shape index (κ2) is 13.5. The Labute approximate surface area is 273 Å². The van der Waals surface area contributed by atoms with Gasteiger partial charge >= 0.3 is 16.3 Å². The second-order valence-corrected chi connectivity index (χ2v) is 12.6. The lowest BCUT2D eigenvalue weighted by molar-refractivity contribution is -0.161. The fourth-order valence-corrected chi connectivity index (χ4v) is 5.43. The Hall–Kier alpha value is -5.81. The monoisotopic (exact) mass is 709 g/mol. The number of thiazole rings is 1. The largest absolute Gasteiger partial charge is 0.503 e. The Morgan fingerprint density at radius 2 is 1.94 bits per heavy atom. The van der Waals surface area contributed by atoms with E-state index < -0.39 is 75.1 Å². The first kappa shape index (κ1) is 35.1. The standard InChI is InChI=1S/C25H27N9O12S2/c1-25(2,23(40)41)46-32-18(13-10-47-24(26)30-13)21(38)31-19-14(34(22(19)39)48(43,44)45)8-28-17-5-11(3-4-27-17)20(37)29-7-12-6-15(35)16(36)9-33(12)42/h3-6,9-10,14,19,36,42H,7-8H2,1-2H3,(H2,26,30)(H,27,28)(H,29,37)(H,31,38)(H,40,41)(H,43,44,45)/t14-,19+/m1/s1. The van der Waals surface area contributed by atoms with Gasteiger partial charge in [-0.3, -0.25) is 23.7 Å². The molecule has 3 aromatic heterocycles. The van der Waals surface area contributed by atoms with Crippen molar-refractivity contribution in [1.29, 1.82) is 0 Å². The van der Waals surface area contributed by atoms with Crippen LogP contribution in [0.5, 0.6) is 5.75 Å². The van der Waals surface area contributed by atoms with Crippen LogP contribution in [0.1, 0.15) is 35.6 Å². The molecule has 0 aromatic carbocycles. The van der Waals surface area contributed by atoms with Gasteiger partial charge in [-0.2, -0.15) is 13.1 Å². The lowest BCUT2D eigenvalue weighted by atomic mass is 9.98. The highest BCUT2D eigenvalue weighted by molar-refractivity contribution is 7.84. The number of aliphatic carboxylic acids is 1. The lowest BCUT2D eigenvalue weighted by Crippen LogP contribution is -2.74. The van der Waals surface area contributed by atoms with Gasteiger partial charge in [-0.1, -0.05) is 5.16 Å². The topological polar surface area (TPSA) is 318 Å². The van der Waals surface area contributed by atoms with Crippen molar-refractivity contribution in [3.63, 3.8) is 0 Å². The highest BCUT2D eigenvalue weighted by atomic mass is 32.2. The number of amides is 3. The van der Waals surface area contributed by atoms with Gasteiger partial charge in [0.05, 0.1) is 24.5 Å². The average molecular weight is 710 g/mol. The van der Waals surface area contributed by atoms with Crippen LogP contribution < -0.4 is 27.1 Å². The van der Waals surface area contributed by atoms with E-state index >= 15 is 0 Å². The number of pyridine rings is 2. The number of nitrogens with one attached hydrogen (secondary N) is 3. The average Bonchev–Trinajstić information content (AvgIpc) is 3.43. The fourth-order valence-electron chi connectivity index (χ4n) is 4.01. The Balaban J connectivity index is 1.49. The number of carbonyl (C=O) groups is 4. The van der Waals surface area contributed by atoms with Crippen molar-refractivity contribution in [3.05, 3.63) is 63.1 Å². The zero-order valence-electron chi connectivity index (χ0n) is 24.7. The zero-order chi connectivity index (χ0) is 35.6. The first-order valence-electron chi connectivity index (χ1n) is 13.3. The third-order valence-electron chi connectivity index (χ3n) is 6.60. The normalized spacial score (nSPS) is 16.5. The van der Waals surface area contributed by atoms with Crippen molar-refractivity contribution in [2.45, 2.75) is 38.1 Å². The van der Waals surface area contributed by atoms with Gasteiger partial charge in [-0.05, 0) is 26.0 Å². The summed E-state index contributed by atoms with van der Waals surface area (Å²) in [6.45, 7) is 1.54. The summed E-state index contributed by atoms with van der Waals surface area (Å²) in [4.78, 5) is 74.8. The number of carbonyl (C=O) groups excluding carboxylic acids is 3. The van der Waals surface area contributed by atoms with Crippen molar-refractivity contribution in [1.82, 2.24) is 29.6 Å². The molecule has 1 aliphatic rings. The molecule has 2 atom stereocenters.